The SMILES string of the molecule is COc1cccc(Cn2cc(NC(=O)c3ccc(COc4ccc(C)c(C)c4)o3)cn2)c1. The number of hydrogen-bond donors (Lipinski definition) is 1. The normalized spacial score (nSPS) is 10.7. The fourth-order valence-corrected chi connectivity index (χ4v) is 3.20. The molecule has 4 aromatic rings. The maximum atomic E-state index is 12.5. The number of methoxy groups -OCH3 is 1. The molecule has 0 aliphatic carbocycles. The first kappa shape index (κ1) is 21.2. The summed E-state index contributed by atoms with van der Waals surface area (Å²) in [5.41, 5.74) is 4.00. The second kappa shape index (κ2) is 9.43. The number of nitrogens with zero attached hydrogens (tertiary/aromatic N) is 2. The lowest BCUT2D eigenvalue weighted by Gasteiger charge is -2.06. The summed E-state index contributed by atoms with van der Waals surface area (Å²) in [5, 5.41) is 7.11. The molecule has 0 fully saturated rings. The molecule has 0 saturated heterocycles. The molecule has 164 valence electrons. The third-order valence-electron chi connectivity index (χ3n) is 5.11. The van der Waals surface area contributed by atoms with Gasteiger partial charge in [-0.25, -0.2) is 0 Å². The maximum absolute atomic E-state index is 12.5. The Hall–Kier alpha value is -4.00. The van der Waals surface area contributed by atoms with Crippen LogP contribution in [0.2, 0.25) is 0 Å². The van der Waals surface area contributed by atoms with E-state index in [2.05, 4.69) is 17.3 Å². The van der Waals surface area contributed by atoms with Crippen LogP contribution in [0.5, 0.6) is 11.5 Å². The number of rotatable bonds is 8. The molecule has 0 unspecified atom stereocenters. The summed E-state index contributed by atoms with van der Waals surface area (Å²) >= 11 is 0. The van der Waals surface area contributed by atoms with Gasteiger partial charge in [-0.2, -0.15) is 5.10 Å². The molecule has 2 aromatic heterocycles. The molecule has 4 rings (SSSR count). The lowest BCUT2D eigenvalue weighted by Crippen LogP contribution is -2.10. The van der Waals surface area contributed by atoms with E-state index in [1.165, 1.54) is 5.56 Å². The van der Waals surface area contributed by atoms with Gasteiger partial charge in [0.2, 0.25) is 0 Å². The Morgan fingerprint density at radius 1 is 1.06 bits per heavy atom. The zero-order chi connectivity index (χ0) is 22.5. The zero-order valence-electron chi connectivity index (χ0n) is 18.3. The minimum atomic E-state index is -0.344. The van der Waals surface area contributed by atoms with E-state index in [0.717, 1.165) is 22.6 Å². The number of nitrogens with one attached hydrogen (secondary N) is 1. The molecule has 7 heteroatoms. The fraction of sp³-hybridized carbons (Fsp3) is 0.200. The van der Waals surface area contributed by atoms with Crippen molar-refractivity contribution in [3.63, 3.8) is 0 Å². The molecule has 0 aliphatic heterocycles. The lowest BCUT2D eigenvalue weighted by atomic mass is 10.1. The predicted molar refractivity (Wildman–Crippen MR) is 121 cm³/mol. The first-order chi connectivity index (χ1) is 15.5. The highest BCUT2D eigenvalue weighted by Gasteiger charge is 2.13. The summed E-state index contributed by atoms with van der Waals surface area (Å²) in [6, 6.07) is 17.0. The molecule has 7 nitrogen and oxygen atoms in total. The molecule has 0 saturated carbocycles. The third kappa shape index (κ3) is 5.18. The molecular formula is C25H25N3O4. The molecule has 0 aliphatic rings. The van der Waals surface area contributed by atoms with Crippen LogP contribution in [0, 0.1) is 13.8 Å². The van der Waals surface area contributed by atoms with Crippen LogP contribution in [-0.2, 0) is 13.2 Å². The Bertz CT molecular complexity index is 1230. The summed E-state index contributed by atoms with van der Waals surface area (Å²) in [5.74, 6) is 1.99. The second-order valence-electron chi connectivity index (χ2n) is 7.53. The second-order valence-corrected chi connectivity index (χ2v) is 7.53. The van der Waals surface area contributed by atoms with Crippen molar-refractivity contribution in [2.45, 2.75) is 27.0 Å². The number of furan rings is 1. The van der Waals surface area contributed by atoms with Crippen molar-refractivity contribution in [1.82, 2.24) is 9.78 Å². The molecule has 0 atom stereocenters. The van der Waals surface area contributed by atoms with E-state index in [1.807, 2.05) is 49.4 Å². The summed E-state index contributed by atoms with van der Waals surface area (Å²) in [4.78, 5) is 12.5. The largest absolute Gasteiger partial charge is 0.497 e. The topological polar surface area (TPSA) is 78.5 Å². The van der Waals surface area contributed by atoms with E-state index >= 15 is 0 Å². The third-order valence-corrected chi connectivity index (χ3v) is 5.11. The van der Waals surface area contributed by atoms with Gasteiger partial charge in [-0.15, -0.1) is 0 Å². The number of hydrogen-bond acceptors (Lipinski definition) is 5. The molecule has 2 heterocycles. The minimum absolute atomic E-state index is 0.212. The molecule has 2 aromatic carbocycles. The van der Waals surface area contributed by atoms with E-state index < -0.39 is 0 Å². The van der Waals surface area contributed by atoms with Crippen molar-refractivity contribution in [1.29, 1.82) is 0 Å². The highest BCUT2D eigenvalue weighted by Crippen LogP contribution is 2.19. The van der Waals surface area contributed by atoms with Gasteiger partial charge in [0, 0.05) is 6.20 Å². The van der Waals surface area contributed by atoms with Gasteiger partial charge in [0.15, 0.2) is 5.76 Å². The number of aryl methyl sites for hydroxylation is 2. The zero-order valence-corrected chi connectivity index (χ0v) is 18.3. The van der Waals surface area contributed by atoms with Crippen LogP contribution in [0.15, 0.2) is 71.4 Å². The van der Waals surface area contributed by atoms with Gasteiger partial charge in [0.1, 0.15) is 23.9 Å². The van der Waals surface area contributed by atoms with Crippen LogP contribution in [0.1, 0.15) is 33.0 Å². The monoisotopic (exact) mass is 431 g/mol. The van der Waals surface area contributed by atoms with Gasteiger partial charge in [0.25, 0.3) is 5.91 Å². The van der Waals surface area contributed by atoms with Crippen molar-refractivity contribution < 1.29 is 18.7 Å². The number of aromatic nitrogens is 2. The smallest absolute Gasteiger partial charge is 0.291 e. The Balaban J connectivity index is 1.33. The quantitative estimate of drug-likeness (QED) is 0.426. The number of benzene rings is 2. The first-order valence-electron chi connectivity index (χ1n) is 10.3. The molecular weight excluding hydrogens is 406 g/mol. The van der Waals surface area contributed by atoms with Gasteiger partial charge in [-0.3, -0.25) is 9.48 Å². The number of amides is 1. The number of anilines is 1. The highest BCUT2D eigenvalue weighted by atomic mass is 16.5. The van der Waals surface area contributed by atoms with Gasteiger partial charge < -0.3 is 19.2 Å². The molecule has 0 spiro atoms. The van der Waals surface area contributed by atoms with E-state index in [9.17, 15) is 4.79 Å². The number of carbonyl (C=O) groups excluding carboxylic acids is 1. The van der Waals surface area contributed by atoms with E-state index in [0.29, 0.717) is 18.0 Å². The Morgan fingerprint density at radius 2 is 1.94 bits per heavy atom. The van der Waals surface area contributed by atoms with Gasteiger partial charge in [0.05, 0.1) is 25.5 Å². The number of carbonyl (C=O) groups is 1. The lowest BCUT2D eigenvalue weighted by molar-refractivity contribution is 0.0992. The average Bonchev–Trinajstić information content (AvgIpc) is 3.44. The van der Waals surface area contributed by atoms with Gasteiger partial charge >= 0.3 is 0 Å². The summed E-state index contributed by atoms with van der Waals surface area (Å²) in [6.45, 7) is 4.90. The van der Waals surface area contributed by atoms with Crippen molar-refractivity contribution in [2.24, 2.45) is 0 Å². The molecule has 32 heavy (non-hydrogen) atoms. The number of ether oxygens (including phenoxy) is 2. The van der Waals surface area contributed by atoms with Crippen LogP contribution in [0.4, 0.5) is 5.69 Å². The Labute approximate surface area is 186 Å². The molecule has 1 N–H and O–H groups in total. The summed E-state index contributed by atoms with van der Waals surface area (Å²) < 4.78 is 18.4. The van der Waals surface area contributed by atoms with Crippen molar-refractivity contribution in [2.75, 3.05) is 12.4 Å². The summed E-state index contributed by atoms with van der Waals surface area (Å²) in [6.07, 6.45) is 3.37. The molecule has 0 radical (unpaired) electrons. The maximum Gasteiger partial charge on any atom is 0.291 e. The van der Waals surface area contributed by atoms with Crippen LogP contribution >= 0.6 is 0 Å². The van der Waals surface area contributed by atoms with Crippen LogP contribution in [0.25, 0.3) is 0 Å². The van der Waals surface area contributed by atoms with Crippen LogP contribution in [0.3, 0.4) is 0 Å². The first-order valence-corrected chi connectivity index (χ1v) is 10.3. The van der Waals surface area contributed by atoms with E-state index in [-0.39, 0.29) is 18.3 Å². The Kier molecular flexibility index (Phi) is 6.26. The molecule has 1 amide bonds. The van der Waals surface area contributed by atoms with Crippen molar-refractivity contribution in [3.8, 4) is 11.5 Å². The van der Waals surface area contributed by atoms with Gasteiger partial charge in [-0.1, -0.05) is 18.2 Å². The highest BCUT2D eigenvalue weighted by molar-refractivity contribution is 6.02. The Morgan fingerprint density at radius 3 is 2.75 bits per heavy atom. The van der Waals surface area contributed by atoms with Crippen molar-refractivity contribution in [3.05, 3.63) is 95.2 Å². The predicted octanol–water partition coefficient (Wildman–Crippen LogP) is 4.98. The average molecular weight is 431 g/mol. The van der Waals surface area contributed by atoms with Crippen LogP contribution in [-0.4, -0.2) is 22.8 Å². The van der Waals surface area contributed by atoms with E-state index in [4.69, 9.17) is 13.9 Å². The van der Waals surface area contributed by atoms with Crippen LogP contribution < -0.4 is 14.8 Å². The minimum Gasteiger partial charge on any atom is -0.497 e. The molecule has 0 bridgehead atoms. The standard InChI is InChI=1S/C25H25N3O4/c1-17-7-8-22(11-18(17)2)31-16-23-9-10-24(32-23)25(29)27-20-13-26-28(15-20)14-19-5-4-6-21(12-19)30-3/h4-13,15H,14,16H2,1-3H3,(H,27,29). The fourth-order valence-electron chi connectivity index (χ4n) is 3.20. The summed E-state index contributed by atoms with van der Waals surface area (Å²) in [7, 11) is 1.64. The van der Waals surface area contributed by atoms with Crippen molar-refractivity contribution >= 4 is 11.6 Å². The van der Waals surface area contributed by atoms with Gasteiger partial charge in [-0.05, 0) is 66.9 Å². The van der Waals surface area contributed by atoms with E-state index in [1.54, 1.807) is 36.3 Å².